The maximum Gasteiger partial charge on any atom is 0.192 e. The number of hydrogen-bond acceptors (Lipinski definition) is 6. The van der Waals surface area contributed by atoms with E-state index < -0.39 is 8.32 Å². The summed E-state index contributed by atoms with van der Waals surface area (Å²) in [5.41, 5.74) is 0. The van der Waals surface area contributed by atoms with Gasteiger partial charge in [-0.3, -0.25) is 0 Å². The predicted octanol–water partition coefficient (Wildman–Crippen LogP) is 5.39. The van der Waals surface area contributed by atoms with Crippen LogP contribution < -0.4 is 0 Å². The van der Waals surface area contributed by atoms with E-state index in [2.05, 4.69) is 33.9 Å². The lowest BCUT2D eigenvalue weighted by atomic mass is 9.85. The van der Waals surface area contributed by atoms with Crippen molar-refractivity contribution in [3.8, 4) is 0 Å². The van der Waals surface area contributed by atoms with E-state index in [4.69, 9.17) is 19.0 Å². The predicted molar refractivity (Wildman–Crippen MR) is 139 cm³/mol. The van der Waals surface area contributed by atoms with Crippen LogP contribution in [-0.4, -0.2) is 68.1 Å². The molecule has 2 fully saturated rings. The smallest absolute Gasteiger partial charge is 0.192 e. The molecule has 1 heterocycles. The maximum absolute atomic E-state index is 10.6. The monoisotopic (exact) mass is 502 g/mol. The average molecular weight is 503 g/mol. The Bertz CT molecular complexity index is 546. The molecule has 0 aromatic rings. The number of aliphatic hydroxyl groups is 3. The van der Waals surface area contributed by atoms with Crippen molar-refractivity contribution in [1.82, 2.24) is 0 Å². The fourth-order valence-electron chi connectivity index (χ4n) is 5.32. The summed E-state index contributed by atoms with van der Waals surface area (Å²) in [6.07, 6.45) is 10.7. The molecule has 202 valence electrons. The number of hydrogen-bond donors (Lipinski definition) is 3. The van der Waals surface area contributed by atoms with E-state index in [9.17, 15) is 10.2 Å². The first-order valence-corrected chi connectivity index (χ1v) is 16.8. The van der Waals surface area contributed by atoms with Gasteiger partial charge in [-0.05, 0) is 94.2 Å². The van der Waals surface area contributed by atoms with E-state index in [1.165, 1.54) is 0 Å². The largest absolute Gasteiger partial charge is 0.414 e. The minimum Gasteiger partial charge on any atom is -0.414 e. The Morgan fingerprint density at radius 1 is 0.912 bits per heavy atom. The fourth-order valence-corrected chi connectivity index (χ4v) is 6.70. The molecule has 7 heteroatoms. The van der Waals surface area contributed by atoms with Gasteiger partial charge in [0.25, 0.3) is 0 Å². The van der Waals surface area contributed by atoms with Crippen LogP contribution >= 0.6 is 0 Å². The van der Waals surface area contributed by atoms with Gasteiger partial charge < -0.3 is 29.2 Å². The summed E-state index contributed by atoms with van der Waals surface area (Å²) in [5.74, 6) is 0.635. The molecule has 0 spiro atoms. The van der Waals surface area contributed by atoms with E-state index in [1.807, 2.05) is 0 Å². The fraction of sp³-hybridized carbons (Fsp3) is 1.00. The molecular formula is C27H54O6Si. The molecule has 1 saturated carbocycles. The lowest BCUT2D eigenvalue weighted by Crippen LogP contribution is -2.45. The Morgan fingerprint density at radius 3 is 2.24 bits per heavy atom. The highest BCUT2D eigenvalue weighted by Gasteiger charge is 2.49. The SMILES string of the molecule is CC(C)(C)[Si](C)(C)O[C@H]1C[C@@H](OC2CCCCO2)[C@H](CCC(O)CCCCCO)[C@H]1CCCO. The van der Waals surface area contributed by atoms with Crippen LogP contribution in [0.3, 0.4) is 0 Å². The van der Waals surface area contributed by atoms with Gasteiger partial charge in [0.05, 0.1) is 18.3 Å². The Kier molecular flexibility index (Phi) is 13.0. The van der Waals surface area contributed by atoms with Crippen molar-refractivity contribution >= 4 is 8.32 Å². The van der Waals surface area contributed by atoms with Crippen LogP contribution in [0.1, 0.15) is 97.8 Å². The summed E-state index contributed by atoms with van der Waals surface area (Å²) < 4.78 is 19.5. The highest BCUT2D eigenvalue weighted by atomic mass is 28.4. The molecule has 34 heavy (non-hydrogen) atoms. The highest BCUT2D eigenvalue weighted by molar-refractivity contribution is 6.74. The van der Waals surface area contributed by atoms with Crippen molar-refractivity contribution in [1.29, 1.82) is 0 Å². The van der Waals surface area contributed by atoms with E-state index in [-0.39, 0.29) is 42.9 Å². The third kappa shape index (κ3) is 9.45. The first kappa shape index (κ1) is 30.2. The lowest BCUT2D eigenvalue weighted by Gasteiger charge is -2.40. The second kappa shape index (κ2) is 14.6. The third-order valence-electron chi connectivity index (χ3n) is 8.41. The van der Waals surface area contributed by atoms with Crippen molar-refractivity contribution in [3.63, 3.8) is 0 Å². The maximum atomic E-state index is 10.6. The second-order valence-corrected chi connectivity index (χ2v) is 16.9. The standard InChI is InChI=1S/C27H54O6Si/c1-27(2,3)34(4,5)33-25-20-24(32-26-14-8-10-19-31-26)23(22(25)13-11-18-29)16-15-21(30)12-7-6-9-17-28/h21-26,28-30H,6-20H2,1-5H3/t21?,22-,23-,24-,25+,26?/m1/s1. The molecule has 1 aliphatic heterocycles. The van der Waals surface area contributed by atoms with Crippen LogP contribution in [0.5, 0.6) is 0 Å². The highest BCUT2D eigenvalue weighted by Crippen LogP contribution is 2.47. The van der Waals surface area contributed by atoms with Gasteiger partial charge in [-0.2, -0.15) is 0 Å². The summed E-state index contributed by atoms with van der Waals surface area (Å²) in [4.78, 5) is 0. The van der Waals surface area contributed by atoms with Gasteiger partial charge in [-0.1, -0.05) is 33.6 Å². The molecule has 0 amide bonds. The van der Waals surface area contributed by atoms with Crippen molar-refractivity contribution in [2.24, 2.45) is 11.8 Å². The van der Waals surface area contributed by atoms with E-state index in [0.29, 0.717) is 11.8 Å². The Labute approximate surface area is 209 Å². The zero-order chi connectivity index (χ0) is 25.2. The Morgan fingerprint density at radius 2 is 1.62 bits per heavy atom. The van der Waals surface area contributed by atoms with Crippen LogP contribution in [-0.2, 0) is 13.9 Å². The Hall–Kier alpha value is -0.0231. The van der Waals surface area contributed by atoms with Crippen LogP contribution in [0.25, 0.3) is 0 Å². The first-order chi connectivity index (χ1) is 16.1. The molecule has 1 saturated heterocycles. The van der Waals surface area contributed by atoms with E-state index >= 15 is 0 Å². The zero-order valence-corrected chi connectivity index (χ0v) is 23.6. The molecular weight excluding hydrogens is 448 g/mol. The normalized spacial score (nSPS) is 29.5. The molecule has 0 bridgehead atoms. The third-order valence-corrected chi connectivity index (χ3v) is 12.9. The molecule has 2 aliphatic rings. The van der Waals surface area contributed by atoms with Gasteiger partial charge in [-0.25, -0.2) is 0 Å². The quantitative estimate of drug-likeness (QED) is 0.205. The summed E-state index contributed by atoms with van der Waals surface area (Å²) in [7, 11) is -1.95. The van der Waals surface area contributed by atoms with Gasteiger partial charge >= 0.3 is 0 Å². The minimum atomic E-state index is -1.95. The first-order valence-electron chi connectivity index (χ1n) is 13.9. The van der Waals surface area contributed by atoms with Crippen LogP contribution in [0.4, 0.5) is 0 Å². The van der Waals surface area contributed by atoms with Gasteiger partial charge in [0.1, 0.15) is 0 Å². The topological polar surface area (TPSA) is 88.4 Å². The van der Waals surface area contributed by atoms with Crippen LogP contribution in [0.15, 0.2) is 0 Å². The van der Waals surface area contributed by atoms with Crippen molar-refractivity contribution in [2.75, 3.05) is 19.8 Å². The van der Waals surface area contributed by atoms with Gasteiger partial charge in [0, 0.05) is 19.8 Å². The Balaban J connectivity index is 2.12. The summed E-state index contributed by atoms with van der Waals surface area (Å²) in [6.45, 7) is 12.7. The van der Waals surface area contributed by atoms with Crippen molar-refractivity contribution < 1.29 is 29.2 Å². The molecule has 6 nitrogen and oxygen atoms in total. The molecule has 1 aliphatic carbocycles. The molecule has 0 aromatic heterocycles. The second-order valence-electron chi connectivity index (χ2n) is 12.1. The molecule has 2 rings (SSSR count). The number of ether oxygens (including phenoxy) is 2. The summed E-state index contributed by atoms with van der Waals surface area (Å²) in [5, 5.41) is 29.4. The minimum absolute atomic E-state index is 0.0724. The lowest BCUT2D eigenvalue weighted by molar-refractivity contribution is -0.196. The zero-order valence-electron chi connectivity index (χ0n) is 22.6. The van der Waals surface area contributed by atoms with Gasteiger partial charge in [0.2, 0.25) is 0 Å². The van der Waals surface area contributed by atoms with Crippen LogP contribution in [0.2, 0.25) is 18.1 Å². The van der Waals surface area contributed by atoms with Crippen molar-refractivity contribution in [3.05, 3.63) is 0 Å². The summed E-state index contributed by atoms with van der Waals surface area (Å²) in [6, 6.07) is 0. The molecule has 3 N–H and O–H groups in total. The number of rotatable bonds is 15. The summed E-state index contributed by atoms with van der Waals surface area (Å²) >= 11 is 0. The molecule has 2 unspecified atom stereocenters. The van der Waals surface area contributed by atoms with E-state index in [1.54, 1.807) is 0 Å². The van der Waals surface area contributed by atoms with E-state index in [0.717, 1.165) is 83.7 Å². The van der Waals surface area contributed by atoms with Crippen LogP contribution in [0, 0.1) is 11.8 Å². The van der Waals surface area contributed by atoms with Gasteiger partial charge in [-0.15, -0.1) is 0 Å². The molecule has 0 radical (unpaired) electrons. The van der Waals surface area contributed by atoms with Crippen molar-refractivity contribution in [2.45, 2.75) is 141 Å². The number of aliphatic hydroxyl groups excluding tert-OH is 3. The number of unbranched alkanes of at least 4 members (excludes halogenated alkanes) is 2. The molecule has 6 atom stereocenters. The average Bonchev–Trinajstić information content (AvgIpc) is 3.08. The molecule has 0 aromatic carbocycles. The van der Waals surface area contributed by atoms with Gasteiger partial charge in [0.15, 0.2) is 14.6 Å².